The van der Waals surface area contributed by atoms with Gasteiger partial charge in [0.15, 0.2) is 0 Å². The van der Waals surface area contributed by atoms with Crippen molar-refractivity contribution in [3.63, 3.8) is 0 Å². The monoisotopic (exact) mass is 416 g/mol. The minimum Gasteiger partial charge on any atom is -0.353 e. The van der Waals surface area contributed by atoms with E-state index in [0.717, 1.165) is 48.1 Å². The number of anilines is 3. The third-order valence-corrected chi connectivity index (χ3v) is 5.50. The van der Waals surface area contributed by atoms with Gasteiger partial charge in [-0.05, 0) is 55.7 Å². The highest BCUT2D eigenvalue weighted by Gasteiger charge is 2.23. The van der Waals surface area contributed by atoms with Crippen molar-refractivity contribution in [2.45, 2.75) is 27.2 Å². The number of hydrogen-bond acceptors (Lipinski definition) is 6. The van der Waals surface area contributed by atoms with Gasteiger partial charge in [-0.3, -0.25) is 4.79 Å². The maximum atomic E-state index is 12.8. The lowest BCUT2D eigenvalue weighted by molar-refractivity contribution is 0.0746. The van der Waals surface area contributed by atoms with E-state index in [0.29, 0.717) is 18.9 Å². The quantitative estimate of drug-likeness (QED) is 0.683. The summed E-state index contributed by atoms with van der Waals surface area (Å²) in [4.78, 5) is 30.4. The number of benzene rings is 1. The van der Waals surface area contributed by atoms with E-state index in [4.69, 9.17) is 0 Å². The lowest BCUT2D eigenvalue weighted by atomic mass is 10.1. The minimum absolute atomic E-state index is 0.0917. The number of hydrogen-bond donors (Lipinski definition) is 1. The maximum absolute atomic E-state index is 12.8. The van der Waals surface area contributed by atoms with Gasteiger partial charge in [0, 0.05) is 44.0 Å². The number of carbonyl (C=O) groups is 1. The molecule has 1 N–H and O–H groups in total. The molecule has 31 heavy (non-hydrogen) atoms. The molecule has 0 radical (unpaired) electrons. The molecule has 3 heterocycles. The van der Waals surface area contributed by atoms with Crippen LogP contribution in [0.2, 0.25) is 0 Å². The van der Waals surface area contributed by atoms with Gasteiger partial charge in [-0.1, -0.05) is 19.1 Å². The molecule has 0 atom stereocenters. The van der Waals surface area contributed by atoms with Gasteiger partial charge in [-0.25, -0.2) is 15.0 Å². The normalized spacial score (nSPS) is 13.9. The van der Waals surface area contributed by atoms with Gasteiger partial charge in [-0.15, -0.1) is 0 Å². The molecule has 1 saturated heterocycles. The Labute approximate surface area is 183 Å². The van der Waals surface area contributed by atoms with Gasteiger partial charge in [0.1, 0.15) is 23.3 Å². The highest BCUT2D eigenvalue weighted by molar-refractivity contribution is 5.94. The summed E-state index contributed by atoms with van der Waals surface area (Å²) in [5.74, 6) is 3.13. The van der Waals surface area contributed by atoms with E-state index in [9.17, 15) is 4.79 Å². The number of nitrogens with zero attached hydrogens (tertiary/aromatic N) is 5. The molecule has 7 nitrogen and oxygen atoms in total. The van der Waals surface area contributed by atoms with E-state index >= 15 is 0 Å². The molecule has 0 unspecified atom stereocenters. The molecule has 1 amide bonds. The van der Waals surface area contributed by atoms with Crippen LogP contribution in [0, 0.1) is 13.8 Å². The zero-order valence-corrected chi connectivity index (χ0v) is 18.3. The van der Waals surface area contributed by atoms with Crippen molar-refractivity contribution < 1.29 is 4.79 Å². The second kappa shape index (κ2) is 9.12. The third kappa shape index (κ3) is 4.99. The highest BCUT2D eigenvalue weighted by Crippen LogP contribution is 2.21. The molecule has 1 fully saturated rings. The molecular formula is C24H28N6O. The van der Waals surface area contributed by atoms with Crippen molar-refractivity contribution in [2.24, 2.45) is 0 Å². The summed E-state index contributed by atoms with van der Waals surface area (Å²) in [5.41, 5.74) is 3.13. The number of aryl methyl sites for hydroxylation is 3. The predicted octanol–water partition coefficient (Wildman–Crippen LogP) is 3.76. The van der Waals surface area contributed by atoms with Crippen LogP contribution in [0.15, 0.2) is 48.7 Å². The summed E-state index contributed by atoms with van der Waals surface area (Å²) < 4.78 is 0. The highest BCUT2D eigenvalue weighted by atomic mass is 16.2. The molecule has 2 aromatic heterocycles. The van der Waals surface area contributed by atoms with E-state index in [1.165, 1.54) is 5.56 Å². The fourth-order valence-corrected chi connectivity index (χ4v) is 3.72. The van der Waals surface area contributed by atoms with Crippen LogP contribution in [0.5, 0.6) is 0 Å². The largest absolute Gasteiger partial charge is 0.353 e. The summed E-state index contributed by atoms with van der Waals surface area (Å²) in [7, 11) is 0. The van der Waals surface area contributed by atoms with Gasteiger partial charge in [0.2, 0.25) is 0 Å². The molecule has 0 saturated carbocycles. The van der Waals surface area contributed by atoms with Crippen molar-refractivity contribution in [3.8, 4) is 0 Å². The zero-order chi connectivity index (χ0) is 21.8. The SMILES string of the molecule is CCc1ccc(C(=O)N2CCN(c3cc(Nc4cc(C)ccn4)nc(C)n3)CC2)cc1. The molecule has 3 aromatic rings. The van der Waals surface area contributed by atoms with Crippen LogP contribution in [0.1, 0.15) is 34.2 Å². The average molecular weight is 417 g/mol. The minimum atomic E-state index is 0.0917. The van der Waals surface area contributed by atoms with Crippen LogP contribution in [0.25, 0.3) is 0 Å². The first-order valence-electron chi connectivity index (χ1n) is 10.7. The van der Waals surface area contributed by atoms with Crippen molar-refractivity contribution in [2.75, 3.05) is 36.4 Å². The Kier molecular flexibility index (Phi) is 6.11. The molecule has 160 valence electrons. The van der Waals surface area contributed by atoms with Gasteiger partial charge >= 0.3 is 0 Å². The molecule has 4 rings (SSSR count). The van der Waals surface area contributed by atoms with Crippen molar-refractivity contribution in [1.82, 2.24) is 19.9 Å². The number of piperazine rings is 1. The standard InChI is InChI=1S/C24H28N6O/c1-4-19-5-7-20(8-6-19)24(31)30-13-11-29(12-14-30)23-16-22(26-18(3)27-23)28-21-15-17(2)9-10-25-21/h5-10,15-16H,4,11-14H2,1-3H3,(H,25,26,27,28). The van der Waals surface area contributed by atoms with E-state index in [1.807, 2.05) is 61.2 Å². The number of rotatable bonds is 5. The van der Waals surface area contributed by atoms with Gasteiger partial charge in [0.05, 0.1) is 0 Å². The second-order valence-corrected chi connectivity index (χ2v) is 7.83. The average Bonchev–Trinajstić information content (AvgIpc) is 2.78. The van der Waals surface area contributed by atoms with E-state index in [2.05, 4.69) is 32.1 Å². The van der Waals surface area contributed by atoms with Gasteiger partial charge < -0.3 is 15.1 Å². The Bertz CT molecular complexity index is 1060. The van der Waals surface area contributed by atoms with Crippen LogP contribution >= 0.6 is 0 Å². The lowest BCUT2D eigenvalue weighted by Gasteiger charge is -2.35. The van der Waals surface area contributed by atoms with Crippen LogP contribution in [-0.2, 0) is 6.42 Å². The fourth-order valence-electron chi connectivity index (χ4n) is 3.72. The Morgan fingerprint density at radius 2 is 1.71 bits per heavy atom. The molecule has 7 heteroatoms. The van der Waals surface area contributed by atoms with Crippen molar-refractivity contribution in [3.05, 3.63) is 71.2 Å². The van der Waals surface area contributed by atoms with Crippen LogP contribution in [-0.4, -0.2) is 51.9 Å². The van der Waals surface area contributed by atoms with Crippen LogP contribution in [0.3, 0.4) is 0 Å². The molecule has 1 aliphatic heterocycles. The number of amides is 1. The Morgan fingerprint density at radius 3 is 2.39 bits per heavy atom. The number of carbonyl (C=O) groups excluding carboxylic acids is 1. The topological polar surface area (TPSA) is 74.2 Å². The predicted molar refractivity (Wildman–Crippen MR) is 123 cm³/mol. The Hall–Kier alpha value is -3.48. The second-order valence-electron chi connectivity index (χ2n) is 7.83. The molecule has 0 bridgehead atoms. The van der Waals surface area contributed by atoms with Crippen molar-refractivity contribution >= 4 is 23.4 Å². The van der Waals surface area contributed by atoms with Crippen LogP contribution in [0.4, 0.5) is 17.5 Å². The summed E-state index contributed by atoms with van der Waals surface area (Å²) in [6.45, 7) is 8.83. The summed E-state index contributed by atoms with van der Waals surface area (Å²) in [5, 5.41) is 3.27. The molecular weight excluding hydrogens is 388 g/mol. The first kappa shape index (κ1) is 20.8. The summed E-state index contributed by atoms with van der Waals surface area (Å²) >= 11 is 0. The summed E-state index contributed by atoms with van der Waals surface area (Å²) in [6, 6.07) is 13.8. The van der Waals surface area contributed by atoms with E-state index in [1.54, 1.807) is 6.20 Å². The fraction of sp³-hybridized carbons (Fsp3) is 0.333. The maximum Gasteiger partial charge on any atom is 0.253 e. The zero-order valence-electron chi connectivity index (χ0n) is 18.3. The lowest BCUT2D eigenvalue weighted by Crippen LogP contribution is -2.49. The third-order valence-electron chi connectivity index (χ3n) is 5.50. The van der Waals surface area contributed by atoms with E-state index < -0.39 is 0 Å². The van der Waals surface area contributed by atoms with Gasteiger partial charge in [-0.2, -0.15) is 0 Å². The van der Waals surface area contributed by atoms with Crippen molar-refractivity contribution in [1.29, 1.82) is 0 Å². The van der Waals surface area contributed by atoms with E-state index in [-0.39, 0.29) is 5.91 Å². The summed E-state index contributed by atoms with van der Waals surface area (Å²) in [6.07, 6.45) is 2.75. The first-order chi connectivity index (χ1) is 15.0. The Morgan fingerprint density at radius 1 is 0.968 bits per heavy atom. The number of aromatic nitrogens is 3. The molecule has 0 spiro atoms. The molecule has 1 aromatic carbocycles. The Balaban J connectivity index is 1.42. The van der Waals surface area contributed by atoms with Gasteiger partial charge in [0.25, 0.3) is 5.91 Å². The first-order valence-corrected chi connectivity index (χ1v) is 10.7. The number of pyridine rings is 1. The molecule has 1 aliphatic rings. The number of nitrogens with one attached hydrogen (secondary N) is 1. The van der Waals surface area contributed by atoms with Crippen LogP contribution < -0.4 is 10.2 Å². The smallest absolute Gasteiger partial charge is 0.253 e. The molecule has 0 aliphatic carbocycles.